The largest absolute Gasteiger partial charge is 0.497 e. The van der Waals surface area contributed by atoms with Crippen molar-refractivity contribution in [3.8, 4) is 22.8 Å². The third-order valence-electron chi connectivity index (χ3n) is 4.06. The summed E-state index contributed by atoms with van der Waals surface area (Å²) < 4.78 is 17.2. The Morgan fingerprint density at radius 3 is 2.52 bits per heavy atom. The second-order valence-electron chi connectivity index (χ2n) is 6.31. The van der Waals surface area contributed by atoms with Crippen LogP contribution in [0.2, 0.25) is 0 Å². The molecule has 0 N–H and O–H groups in total. The summed E-state index contributed by atoms with van der Waals surface area (Å²) in [6.45, 7) is 4.09. The van der Waals surface area contributed by atoms with Crippen molar-refractivity contribution in [2.45, 2.75) is 19.4 Å². The van der Waals surface area contributed by atoms with E-state index in [-0.39, 0.29) is 5.60 Å². The molecule has 0 bridgehead atoms. The van der Waals surface area contributed by atoms with Gasteiger partial charge in [0.25, 0.3) is 0 Å². The Balaban J connectivity index is 1.78. The summed E-state index contributed by atoms with van der Waals surface area (Å²) in [5.41, 5.74) is 2.66. The van der Waals surface area contributed by atoms with Crippen LogP contribution in [-0.4, -0.2) is 12.7 Å². The van der Waals surface area contributed by atoms with Crippen LogP contribution in [0.3, 0.4) is 0 Å². The predicted octanol–water partition coefficient (Wildman–Crippen LogP) is 5.29. The van der Waals surface area contributed by atoms with Gasteiger partial charge in [0.05, 0.1) is 7.11 Å². The average Bonchev–Trinajstić information content (AvgIpc) is 2.95. The minimum absolute atomic E-state index is 0.286. The zero-order valence-electron chi connectivity index (χ0n) is 13.4. The summed E-state index contributed by atoms with van der Waals surface area (Å²) in [7, 11) is 1.66. The van der Waals surface area contributed by atoms with Crippen molar-refractivity contribution in [3.05, 3.63) is 54.1 Å². The summed E-state index contributed by atoms with van der Waals surface area (Å²) in [5.74, 6) is 2.54. The minimum Gasteiger partial charge on any atom is -0.497 e. The van der Waals surface area contributed by atoms with Gasteiger partial charge in [-0.15, -0.1) is 0 Å². The monoisotopic (exact) mass is 306 g/mol. The van der Waals surface area contributed by atoms with Gasteiger partial charge in [-0.25, -0.2) is 0 Å². The summed E-state index contributed by atoms with van der Waals surface area (Å²) in [5, 5.41) is 1.07. The fourth-order valence-electron chi connectivity index (χ4n) is 2.81. The second-order valence-corrected chi connectivity index (χ2v) is 6.31. The highest BCUT2D eigenvalue weighted by molar-refractivity contribution is 5.87. The molecular weight excluding hydrogens is 288 g/mol. The SMILES string of the molecule is COc1ccc(-c2cc3cc4c(cc3o2)OC(C)(C)C=C4)cc1. The normalized spacial score (nSPS) is 15.3. The number of hydrogen-bond acceptors (Lipinski definition) is 3. The molecule has 0 saturated heterocycles. The van der Waals surface area contributed by atoms with Crippen molar-refractivity contribution in [1.82, 2.24) is 0 Å². The van der Waals surface area contributed by atoms with Crippen molar-refractivity contribution in [1.29, 1.82) is 0 Å². The minimum atomic E-state index is -0.286. The summed E-state index contributed by atoms with van der Waals surface area (Å²) >= 11 is 0. The van der Waals surface area contributed by atoms with Crippen LogP contribution in [0, 0.1) is 0 Å². The van der Waals surface area contributed by atoms with E-state index in [0.717, 1.165) is 39.4 Å². The standard InChI is InChI=1S/C20H18O3/c1-20(2)9-8-14-10-15-11-17(22-18(15)12-19(14)23-20)13-4-6-16(21-3)7-5-13/h4-12H,1-3H3. The van der Waals surface area contributed by atoms with Crippen molar-refractivity contribution >= 4 is 17.0 Å². The van der Waals surface area contributed by atoms with Gasteiger partial charge in [0, 0.05) is 22.6 Å². The first-order valence-electron chi connectivity index (χ1n) is 7.64. The highest BCUT2D eigenvalue weighted by Crippen LogP contribution is 2.37. The molecule has 0 saturated carbocycles. The molecule has 23 heavy (non-hydrogen) atoms. The summed E-state index contributed by atoms with van der Waals surface area (Å²) in [6, 6.07) is 14.0. The van der Waals surface area contributed by atoms with Crippen LogP contribution < -0.4 is 9.47 Å². The van der Waals surface area contributed by atoms with Crippen LogP contribution in [0.4, 0.5) is 0 Å². The van der Waals surface area contributed by atoms with E-state index in [2.05, 4.69) is 24.3 Å². The number of furan rings is 1. The van der Waals surface area contributed by atoms with Crippen LogP contribution in [0.25, 0.3) is 28.4 Å². The van der Waals surface area contributed by atoms with Gasteiger partial charge in [-0.1, -0.05) is 6.08 Å². The van der Waals surface area contributed by atoms with Gasteiger partial charge in [0.2, 0.25) is 0 Å². The number of methoxy groups -OCH3 is 1. The summed E-state index contributed by atoms with van der Waals surface area (Å²) in [4.78, 5) is 0. The van der Waals surface area contributed by atoms with Gasteiger partial charge >= 0.3 is 0 Å². The second kappa shape index (κ2) is 4.92. The molecule has 4 rings (SSSR count). The first-order chi connectivity index (χ1) is 11.0. The Morgan fingerprint density at radius 2 is 1.78 bits per heavy atom. The smallest absolute Gasteiger partial charge is 0.138 e. The number of rotatable bonds is 2. The lowest BCUT2D eigenvalue weighted by Gasteiger charge is -2.27. The molecule has 2 heterocycles. The quantitative estimate of drug-likeness (QED) is 0.644. The molecule has 1 aliphatic heterocycles. The topological polar surface area (TPSA) is 31.6 Å². The van der Waals surface area contributed by atoms with Crippen LogP contribution >= 0.6 is 0 Å². The maximum atomic E-state index is 6.02. The van der Waals surface area contributed by atoms with E-state index >= 15 is 0 Å². The van der Waals surface area contributed by atoms with Crippen molar-refractivity contribution in [3.63, 3.8) is 0 Å². The van der Waals surface area contributed by atoms with Crippen molar-refractivity contribution in [2.75, 3.05) is 7.11 Å². The molecular formula is C20H18O3. The van der Waals surface area contributed by atoms with Gasteiger partial charge in [-0.3, -0.25) is 0 Å². The van der Waals surface area contributed by atoms with E-state index < -0.39 is 0 Å². The van der Waals surface area contributed by atoms with Gasteiger partial charge in [0.15, 0.2) is 0 Å². The predicted molar refractivity (Wildman–Crippen MR) is 91.9 cm³/mol. The molecule has 1 aliphatic rings. The Hall–Kier alpha value is -2.68. The number of benzene rings is 2. The fourth-order valence-corrected chi connectivity index (χ4v) is 2.81. The van der Waals surface area contributed by atoms with E-state index in [1.165, 1.54) is 0 Å². The molecule has 0 atom stereocenters. The van der Waals surface area contributed by atoms with Gasteiger partial charge in [0.1, 0.15) is 28.4 Å². The molecule has 0 radical (unpaired) electrons. The molecule has 3 nitrogen and oxygen atoms in total. The molecule has 3 heteroatoms. The van der Waals surface area contributed by atoms with Crippen LogP contribution in [-0.2, 0) is 0 Å². The zero-order chi connectivity index (χ0) is 16.0. The van der Waals surface area contributed by atoms with Crippen molar-refractivity contribution < 1.29 is 13.9 Å². The molecule has 1 aromatic heterocycles. The lowest BCUT2D eigenvalue weighted by molar-refractivity contribution is 0.159. The molecule has 2 aromatic carbocycles. The van der Waals surface area contributed by atoms with E-state index in [1.54, 1.807) is 7.11 Å². The first kappa shape index (κ1) is 13.9. The average molecular weight is 306 g/mol. The first-order valence-corrected chi connectivity index (χ1v) is 7.64. The van der Waals surface area contributed by atoms with Crippen LogP contribution in [0.5, 0.6) is 11.5 Å². The highest BCUT2D eigenvalue weighted by atomic mass is 16.5. The lowest BCUT2D eigenvalue weighted by Crippen LogP contribution is -2.27. The van der Waals surface area contributed by atoms with Crippen LogP contribution in [0.1, 0.15) is 19.4 Å². The molecule has 0 aliphatic carbocycles. The van der Waals surface area contributed by atoms with E-state index in [9.17, 15) is 0 Å². The molecule has 0 fully saturated rings. The molecule has 0 unspecified atom stereocenters. The van der Waals surface area contributed by atoms with Crippen molar-refractivity contribution in [2.24, 2.45) is 0 Å². The molecule has 116 valence electrons. The molecule has 0 amide bonds. The third kappa shape index (κ3) is 2.48. The van der Waals surface area contributed by atoms with E-state index in [4.69, 9.17) is 13.9 Å². The van der Waals surface area contributed by atoms with Crippen LogP contribution in [0.15, 0.2) is 53.0 Å². The highest BCUT2D eigenvalue weighted by Gasteiger charge is 2.22. The lowest BCUT2D eigenvalue weighted by atomic mass is 10.0. The number of fused-ring (bicyclic) bond motifs is 2. The number of hydrogen-bond donors (Lipinski definition) is 0. The maximum absolute atomic E-state index is 6.02. The Bertz CT molecular complexity index is 899. The van der Waals surface area contributed by atoms with E-state index in [0.29, 0.717) is 0 Å². The van der Waals surface area contributed by atoms with Gasteiger partial charge in [-0.05, 0) is 56.3 Å². The molecule has 3 aromatic rings. The Labute approximate surface area is 135 Å². The Kier molecular flexibility index (Phi) is 2.98. The van der Waals surface area contributed by atoms with Gasteiger partial charge in [-0.2, -0.15) is 0 Å². The van der Waals surface area contributed by atoms with E-state index in [1.807, 2.05) is 44.2 Å². The third-order valence-corrected chi connectivity index (χ3v) is 4.06. The number of ether oxygens (including phenoxy) is 2. The summed E-state index contributed by atoms with van der Waals surface area (Å²) in [6.07, 6.45) is 4.18. The maximum Gasteiger partial charge on any atom is 0.138 e. The van der Waals surface area contributed by atoms with Gasteiger partial charge < -0.3 is 13.9 Å². The zero-order valence-corrected chi connectivity index (χ0v) is 13.4. The molecule has 0 spiro atoms. The Morgan fingerprint density at radius 1 is 1.00 bits per heavy atom. The fraction of sp³-hybridized carbons (Fsp3) is 0.200.